The first-order valence-corrected chi connectivity index (χ1v) is 7.79. The number of fused-ring (bicyclic) bond motifs is 1. The van der Waals surface area contributed by atoms with Gasteiger partial charge in [-0.3, -0.25) is 0 Å². The zero-order chi connectivity index (χ0) is 14.8. The first-order chi connectivity index (χ1) is 10.9. The number of morpholine rings is 1. The maximum absolute atomic E-state index is 6.17. The Morgan fingerprint density at radius 2 is 1.59 bits per heavy atom. The summed E-state index contributed by atoms with van der Waals surface area (Å²) in [6.07, 6.45) is 0.822. The van der Waals surface area contributed by atoms with E-state index in [2.05, 4.69) is 41.3 Å². The summed E-state index contributed by atoms with van der Waals surface area (Å²) in [6, 6.07) is 18.8. The average molecular weight is 293 g/mol. The van der Waals surface area contributed by atoms with Gasteiger partial charge in [-0.05, 0) is 17.7 Å². The van der Waals surface area contributed by atoms with Crippen LogP contribution in [-0.2, 0) is 11.2 Å². The van der Waals surface area contributed by atoms with Crippen molar-refractivity contribution in [2.75, 3.05) is 31.2 Å². The lowest BCUT2D eigenvalue weighted by atomic mass is 10.1. The van der Waals surface area contributed by atoms with Crippen molar-refractivity contribution in [3.05, 3.63) is 65.9 Å². The molecule has 0 radical (unpaired) electrons. The lowest BCUT2D eigenvalue weighted by Gasteiger charge is -2.29. The van der Waals surface area contributed by atoms with Gasteiger partial charge >= 0.3 is 0 Å². The number of para-hydroxylation sites is 1. The van der Waals surface area contributed by atoms with E-state index in [4.69, 9.17) is 9.15 Å². The fourth-order valence-electron chi connectivity index (χ4n) is 3.12. The third kappa shape index (κ3) is 2.48. The van der Waals surface area contributed by atoms with Gasteiger partial charge in [0, 0.05) is 24.9 Å². The van der Waals surface area contributed by atoms with Crippen LogP contribution in [-0.4, -0.2) is 26.3 Å². The van der Waals surface area contributed by atoms with E-state index in [1.165, 1.54) is 16.6 Å². The van der Waals surface area contributed by atoms with Gasteiger partial charge in [-0.25, -0.2) is 0 Å². The van der Waals surface area contributed by atoms with E-state index < -0.39 is 0 Å². The molecule has 112 valence electrons. The van der Waals surface area contributed by atoms with Crippen molar-refractivity contribution in [3.8, 4) is 0 Å². The summed E-state index contributed by atoms with van der Waals surface area (Å²) >= 11 is 0. The van der Waals surface area contributed by atoms with Gasteiger partial charge in [-0.15, -0.1) is 0 Å². The van der Waals surface area contributed by atoms with E-state index in [9.17, 15) is 0 Å². The Labute approximate surface area is 130 Å². The van der Waals surface area contributed by atoms with Gasteiger partial charge in [0.05, 0.1) is 18.9 Å². The Morgan fingerprint density at radius 1 is 0.864 bits per heavy atom. The number of hydrogen-bond donors (Lipinski definition) is 0. The van der Waals surface area contributed by atoms with Crippen LogP contribution in [0.2, 0.25) is 0 Å². The summed E-state index contributed by atoms with van der Waals surface area (Å²) in [5.74, 6) is 1.05. The van der Waals surface area contributed by atoms with Gasteiger partial charge < -0.3 is 14.1 Å². The van der Waals surface area contributed by atoms with Crippen molar-refractivity contribution in [3.63, 3.8) is 0 Å². The summed E-state index contributed by atoms with van der Waals surface area (Å²) in [7, 11) is 0. The molecule has 3 heteroatoms. The Kier molecular flexibility index (Phi) is 3.57. The van der Waals surface area contributed by atoms with Crippen LogP contribution in [0.3, 0.4) is 0 Å². The van der Waals surface area contributed by atoms with Crippen molar-refractivity contribution in [1.29, 1.82) is 0 Å². The monoisotopic (exact) mass is 293 g/mol. The minimum absolute atomic E-state index is 0.782. The number of anilines is 1. The third-order valence-electron chi connectivity index (χ3n) is 4.17. The number of hydrogen-bond acceptors (Lipinski definition) is 3. The molecule has 3 nitrogen and oxygen atoms in total. The van der Waals surface area contributed by atoms with E-state index >= 15 is 0 Å². The second-order valence-electron chi connectivity index (χ2n) is 5.63. The van der Waals surface area contributed by atoms with Crippen LogP contribution in [0.5, 0.6) is 0 Å². The number of nitrogens with zero attached hydrogens (tertiary/aromatic N) is 1. The average Bonchev–Trinajstić information content (AvgIpc) is 2.94. The number of benzene rings is 2. The number of ether oxygens (including phenoxy) is 1. The molecule has 4 rings (SSSR count). The van der Waals surface area contributed by atoms with Gasteiger partial charge in [-0.1, -0.05) is 42.5 Å². The van der Waals surface area contributed by atoms with E-state index in [1.54, 1.807) is 0 Å². The lowest BCUT2D eigenvalue weighted by molar-refractivity contribution is 0.122. The predicted octanol–water partition coefficient (Wildman–Crippen LogP) is 3.86. The fourth-order valence-corrected chi connectivity index (χ4v) is 3.12. The number of furan rings is 1. The summed E-state index contributed by atoms with van der Waals surface area (Å²) in [5, 5.41) is 1.20. The minimum atomic E-state index is 0.782. The third-order valence-corrected chi connectivity index (χ3v) is 4.17. The smallest absolute Gasteiger partial charge is 0.136 e. The first kappa shape index (κ1) is 13.4. The maximum Gasteiger partial charge on any atom is 0.136 e. The quantitative estimate of drug-likeness (QED) is 0.733. The highest BCUT2D eigenvalue weighted by Gasteiger charge is 2.21. The Bertz CT molecular complexity index is 757. The molecule has 1 saturated heterocycles. The molecule has 0 N–H and O–H groups in total. The molecule has 0 saturated carbocycles. The van der Waals surface area contributed by atoms with Crippen LogP contribution in [0, 0.1) is 0 Å². The van der Waals surface area contributed by atoms with Crippen molar-refractivity contribution in [2.45, 2.75) is 6.42 Å². The molecule has 22 heavy (non-hydrogen) atoms. The lowest BCUT2D eigenvalue weighted by Crippen LogP contribution is -2.36. The van der Waals surface area contributed by atoms with Gasteiger partial charge in [0.15, 0.2) is 0 Å². The second-order valence-corrected chi connectivity index (χ2v) is 5.63. The molecule has 1 aromatic heterocycles. The molecular formula is C19H19NO2. The fraction of sp³-hybridized carbons (Fsp3) is 0.263. The van der Waals surface area contributed by atoms with E-state index in [-0.39, 0.29) is 0 Å². The minimum Gasteiger partial charge on any atom is -0.458 e. The standard InChI is InChI=1S/C19H19NO2/c1-2-6-15(7-3-1)14-18-19(20-10-12-21-13-11-20)16-8-4-5-9-17(16)22-18/h1-9H,10-14H2. The Hall–Kier alpha value is -2.26. The number of rotatable bonds is 3. The highest BCUT2D eigenvalue weighted by Crippen LogP contribution is 2.35. The molecule has 0 unspecified atom stereocenters. The van der Waals surface area contributed by atoms with Gasteiger partial charge in [-0.2, -0.15) is 0 Å². The van der Waals surface area contributed by atoms with E-state index in [0.29, 0.717) is 0 Å². The Morgan fingerprint density at radius 3 is 2.41 bits per heavy atom. The normalized spacial score (nSPS) is 15.4. The zero-order valence-electron chi connectivity index (χ0n) is 12.5. The van der Waals surface area contributed by atoms with Crippen LogP contribution < -0.4 is 4.90 Å². The van der Waals surface area contributed by atoms with Crippen molar-refractivity contribution >= 4 is 16.7 Å². The highest BCUT2D eigenvalue weighted by molar-refractivity contribution is 5.93. The maximum atomic E-state index is 6.17. The Balaban J connectivity index is 1.79. The van der Waals surface area contributed by atoms with Crippen LogP contribution in [0.1, 0.15) is 11.3 Å². The molecule has 0 aliphatic carbocycles. The topological polar surface area (TPSA) is 25.6 Å². The van der Waals surface area contributed by atoms with Crippen LogP contribution in [0.15, 0.2) is 59.0 Å². The zero-order valence-corrected chi connectivity index (χ0v) is 12.5. The predicted molar refractivity (Wildman–Crippen MR) is 88.5 cm³/mol. The largest absolute Gasteiger partial charge is 0.458 e. The van der Waals surface area contributed by atoms with Gasteiger partial charge in [0.1, 0.15) is 11.3 Å². The van der Waals surface area contributed by atoms with Crippen LogP contribution in [0.25, 0.3) is 11.0 Å². The second kappa shape index (κ2) is 5.85. The molecule has 0 bridgehead atoms. The summed E-state index contributed by atoms with van der Waals surface area (Å²) in [5.41, 5.74) is 3.48. The molecular weight excluding hydrogens is 274 g/mol. The first-order valence-electron chi connectivity index (χ1n) is 7.79. The summed E-state index contributed by atoms with van der Waals surface area (Å²) < 4.78 is 11.7. The van der Waals surface area contributed by atoms with E-state index in [1.807, 2.05) is 18.2 Å². The summed E-state index contributed by atoms with van der Waals surface area (Å²) in [4.78, 5) is 2.40. The van der Waals surface area contributed by atoms with Crippen LogP contribution >= 0.6 is 0 Å². The molecule has 1 aliphatic rings. The van der Waals surface area contributed by atoms with Crippen molar-refractivity contribution < 1.29 is 9.15 Å². The SMILES string of the molecule is c1ccc(Cc2oc3ccccc3c2N2CCOCC2)cc1. The summed E-state index contributed by atoms with van der Waals surface area (Å²) in [6.45, 7) is 3.41. The van der Waals surface area contributed by atoms with Crippen LogP contribution in [0.4, 0.5) is 5.69 Å². The molecule has 0 amide bonds. The van der Waals surface area contributed by atoms with Gasteiger partial charge in [0.2, 0.25) is 0 Å². The molecule has 2 heterocycles. The van der Waals surface area contributed by atoms with Crippen molar-refractivity contribution in [1.82, 2.24) is 0 Å². The molecule has 2 aromatic carbocycles. The highest BCUT2D eigenvalue weighted by atomic mass is 16.5. The molecule has 0 atom stereocenters. The molecule has 1 fully saturated rings. The van der Waals surface area contributed by atoms with Gasteiger partial charge in [0.25, 0.3) is 0 Å². The molecule has 3 aromatic rings. The molecule has 0 spiro atoms. The van der Waals surface area contributed by atoms with E-state index in [0.717, 1.165) is 44.1 Å². The molecule has 1 aliphatic heterocycles. The van der Waals surface area contributed by atoms with Crippen molar-refractivity contribution in [2.24, 2.45) is 0 Å².